The number of ether oxygens (including phenoxy) is 2. The fourth-order valence-electron chi connectivity index (χ4n) is 2.40. The molecule has 0 radical (unpaired) electrons. The van der Waals surface area contributed by atoms with Gasteiger partial charge in [-0.15, -0.1) is 11.6 Å². The summed E-state index contributed by atoms with van der Waals surface area (Å²) in [5.41, 5.74) is 1.18. The van der Waals surface area contributed by atoms with Crippen LogP contribution in [-0.2, 0) is 20.7 Å². The average molecular weight is 381 g/mol. The van der Waals surface area contributed by atoms with Crippen LogP contribution < -0.4 is 10.4 Å². The lowest BCUT2D eigenvalue weighted by atomic mass is 10.0. The molecule has 0 aliphatic rings. The first kappa shape index (κ1) is 20.0. The molecule has 0 fully saturated rings. The van der Waals surface area contributed by atoms with Gasteiger partial charge in [-0.25, -0.2) is 4.79 Å². The van der Waals surface area contributed by atoms with Crippen LogP contribution in [0.5, 0.6) is 5.75 Å². The lowest BCUT2D eigenvalue weighted by Crippen LogP contribution is -2.18. The van der Waals surface area contributed by atoms with Gasteiger partial charge in [-0.3, -0.25) is 9.59 Å². The summed E-state index contributed by atoms with van der Waals surface area (Å²) in [6, 6.07) is 4.62. The van der Waals surface area contributed by atoms with Gasteiger partial charge < -0.3 is 13.9 Å². The largest absolute Gasteiger partial charge is 0.466 e. The number of fused-ring (bicyclic) bond motifs is 1. The van der Waals surface area contributed by atoms with E-state index in [0.717, 1.165) is 12.0 Å². The number of esters is 2. The predicted molar refractivity (Wildman–Crippen MR) is 97.7 cm³/mol. The van der Waals surface area contributed by atoms with E-state index in [1.54, 1.807) is 13.0 Å². The smallest absolute Gasteiger partial charge is 0.336 e. The number of hydrogen-bond donors (Lipinski definition) is 0. The highest BCUT2D eigenvalue weighted by molar-refractivity contribution is 6.29. The van der Waals surface area contributed by atoms with Crippen molar-refractivity contribution in [3.8, 4) is 5.75 Å². The highest BCUT2D eigenvalue weighted by Crippen LogP contribution is 2.29. The minimum Gasteiger partial charge on any atom is -0.466 e. The van der Waals surface area contributed by atoms with Gasteiger partial charge in [-0.05, 0) is 43.9 Å². The van der Waals surface area contributed by atoms with Crippen LogP contribution in [0, 0.1) is 6.92 Å². The van der Waals surface area contributed by atoms with E-state index in [1.165, 1.54) is 19.1 Å². The Balaban J connectivity index is 2.38. The first-order chi connectivity index (χ1) is 12.3. The van der Waals surface area contributed by atoms with Crippen LogP contribution in [0.25, 0.3) is 11.0 Å². The zero-order chi connectivity index (χ0) is 19.3. The molecular weight excluding hydrogens is 360 g/mol. The molecule has 0 aliphatic carbocycles. The van der Waals surface area contributed by atoms with Crippen LogP contribution in [-0.4, -0.2) is 23.9 Å². The molecule has 0 bridgehead atoms. The van der Waals surface area contributed by atoms with E-state index in [2.05, 4.69) is 0 Å². The van der Waals surface area contributed by atoms with Gasteiger partial charge in [-0.2, -0.15) is 0 Å². The third-order valence-electron chi connectivity index (χ3n) is 3.73. The number of aryl methyl sites for hydroxylation is 2. The van der Waals surface area contributed by atoms with E-state index < -0.39 is 17.0 Å². The monoisotopic (exact) mass is 380 g/mol. The lowest BCUT2D eigenvalue weighted by molar-refractivity contribution is -0.143. The van der Waals surface area contributed by atoms with E-state index in [-0.39, 0.29) is 18.1 Å². The summed E-state index contributed by atoms with van der Waals surface area (Å²) in [6.07, 6.45) is 1.20. The molecule has 0 saturated carbocycles. The molecule has 26 heavy (non-hydrogen) atoms. The zero-order valence-electron chi connectivity index (χ0n) is 15.0. The summed E-state index contributed by atoms with van der Waals surface area (Å²) < 4.78 is 15.6. The van der Waals surface area contributed by atoms with Gasteiger partial charge in [0.15, 0.2) is 0 Å². The van der Waals surface area contributed by atoms with Crippen molar-refractivity contribution in [3.05, 3.63) is 39.7 Å². The second-order valence-electron chi connectivity index (χ2n) is 5.96. The molecule has 7 heteroatoms. The first-order valence-corrected chi connectivity index (χ1v) is 8.84. The molecule has 140 valence electrons. The van der Waals surface area contributed by atoms with Crippen LogP contribution in [0.4, 0.5) is 0 Å². The lowest BCUT2D eigenvalue weighted by Gasteiger charge is -2.13. The molecular formula is C19H21ClO6. The second-order valence-corrected chi connectivity index (χ2v) is 6.62. The Morgan fingerprint density at radius 3 is 2.65 bits per heavy atom. The van der Waals surface area contributed by atoms with Gasteiger partial charge >= 0.3 is 17.6 Å². The molecule has 1 atom stereocenters. The highest BCUT2D eigenvalue weighted by Gasteiger charge is 2.18. The summed E-state index contributed by atoms with van der Waals surface area (Å²) in [6.45, 7) is 5.56. The molecule has 1 unspecified atom stereocenters. The maximum absolute atomic E-state index is 11.9. The number of carbonyl (C=O) groups excluding carboxylic acids is 2. The number of alkyl halides is 1. The van der Waals surface area contributed by atoms with Gasteiger partial charge in [0.2, 0.25) is 0 Å². The SMILES string of the molecule is CCCOC(=O)CCc1cc2c(C)cc(=O)oc2cc1OC(=O)C(C)Cl. The van der Waals surface area contributed by atoms with E-state index in [1.807, 2.05) is 6.92 Å². The molecule has 6 nitrogen and oxygen atoms in total. The molecule has 1 aromatic heterocycles. The molecule has 0 N–H and O–H groups in total. The summed E-state index contributed by atoms with van der Waals surface area (Å²) in [5, 5.41) is -0.127. The first-order valence-electron chi connectivity index (χ1n) is 8.40. The van der Waals surface area contributed by atoms with Crippen molar-refractivity contribution >= 4 is 34.5 Å². The van der Waals surface area contributed by atoms with Gasteiger partial charge in [0.25, 0.3) is 0 Å². The summed E-state index contributed by atoms with van der Waals surface area (Å²) in [7, 11) is 0. The molecule has 2 aromatic rings. The van der Waals surface area contributed by atoms with Crippen molar-refractivity contribution in [1.29, 1.82) is 0 Å². The average Bonchev–Trinajstić information content (AvgIpc) is 2.58. The Labute approximate surface area is 156 Å². The molecule has 1 heterocycles. The molecule has 0 spiro atoms. The Morgan fingerprint density at radius 2 is 2.00 bits per heavy atom. The van der Waals surface area contributed by atoms with Crippen molar-refractivity contribution in [2.24, 2.45) is 0 Å². The van der Waals surface area contributed by atoms with Crippen LogP contribution in [0.3, 0.4) is 0 Å². The number of benzene rings is 1. The Morgan fingerprint density at radius 1 is 1.27 bits per heavy atom. The van der Waals surface area contributed by atoms with Crippen LogP contribution in [0.2, 0.25) is 0 Å². The second kappa shape index (κ2) is 8.85. The van der Waals surface area contributed by atoms with Crippen molar-refractivity contribution in [1.82, 2.24) is 0 Å². The summed E-state index contributed by atoms with van der Waals surface area (Å²) in [4.78, 5) is 35.2. The van der Waals surface area contributed by atoms with Crippen molar-refractivity contribution in [2.75, 3.05) is 6.61 Å². The maximum atomic E-state index is 11.9. The van der Waals surface area contributed by atoms with E-state index >= 15 is 0 Å². The van der Waals surface area contributed by atoms with E-state index in [9.17, 15) is 14.4 Å². The molecule has 0 aliphatic heterocycles. The maximum Gasteiger partial charge on any atom is 0.336 e. The van der Waals surface area contributed by atoms with Crippen LogP contribution in [0.1, 0.15) is 37.8 Å². The minimum atomic E-state index is -0.836. The number of rotatable bonds is 7. The van der Waals surface area contributed by atoms with Crippen LogP contribution in [0.15, 0.2) is 27.4 Å². The number of hydrogen-bond acceptors (Lipinski definition) is 6. The fourth-order valence-corrected chi connectivity index (χ4v) is 2.44. The van der Waals surface area contributed by atoms with Crippen molar-refractivity contribution in [2.45, 2.75) is 45.4 Å². The third kappa shape index (κ3) is 5.08. The van der Waals surface area contributed by atoms with Gasteiger partial charge in [-0.1, -0.05) is 6.92 Å². The fraction of sp³-hybridized carbons (Fsp3) is 0.421. The predicted octanol–water partition coefficient (Wildman–Crippen LogP) is 3.52. The van der Waals surface area contributed by atoms with Crippen LogP contribution >= 0.6 is 11.6 Å². The van der Waals surface area contributed by atoms with Gasteiger partial charge in [0.1, 0.15) is 16.7 Å². The standard InChI is InChI=1S/C19H21ClO6/c1-4-7-24-17(21)6-5-13-9-14-11(2)8-18(22)25-16(14)10-15(13)26-19(23)12(3)20/h8-10,12H,4-7H2,1-3H3. The molecule has 1 aromatic carbocycles. The Hall–Kier alpha value is -2.34. The van der Waals surface area contributed by atoms with E-state index in [0.29, 0.717) is 29.6 Å². The van der Waals surface area contributed by atoms with E-state index in [4.69, 9.17) is 25.5 Å². The molecule has 0 amide bonds. The van der Waals surface area contributed by atoms with Gasteiger partial charge in [0, 0.05) is 23.9 Å². The Kier molecular flexibility index (Phi) is 6.80. The molecule has 0 saturated heterocycles. The number of carbonyl (C=O) groups is 2. The Bertz CT molecular complexity index is 868. The topological polar surface area (TPSA) is 82.8 Å². The minimum absolute atomic E-state index is 0.141. The number of halogens is 1. The zero-order valence-corrected chi connectivity index (χ0v) is 15.7. The quantitative estimate of drug-likeness (QED) is 0.316. The van der Waals surface area contributed by atoms with Crippen molar-refractivity contribution < 1.29 is 23.5 Å². The normalized spacial score (nSPS) is 12.0. The molecule has 2 rings (SSSR count). The highest BCUT2D eigenvalue weighted by atomic mass is 35.5. The van der Waals surface area contributed by atoms with Crippen molar-refractivity contribution in [3.63, 3.8) is 0 Å². The van der Waals surface area contributed by atoms with Gasteiger partial charge in [0.05, 0.1) is 6.61 Å². The summed E-state index contributed by atoms with van der Waals surface area (Å²) in [5.74, 6) is -0.742. The third-order valence-corrected chi connectivity index (χ3v) is 3.91. The summed E-state index contributed by atoms with van der Waals surface area (Å²) >= 11 is 5.76.